The van der Waals surface area contributed by atoms with Gasteiger partial charge in [-0.2, -0.15) is 0 Å². The summed E-state index contributed by atoms with van der Waals surface area (Å²) in [5, 5.41) is 0. The molecule has 0 aromatic carbocycles. The Balaban J connectivity index is 1.66. The molecular formula is C25H36O8. The predicted octanol–water partition coefficient (Wildman–Crippen LogP) is 2.97. The molecule has 2 aliphatic heterocycles. The average Bonchev–Trinajstić information content (AvgIpc) is 3.43. The molecule has 2 saturated carbocycles. The van der Waals surface area contributed by atoms with Crippen molar-refractivity contribution in [2.24, 2.45) is 22.7 Å². The summed E-state index contributed by atoms with van der Waals surface area (Å²) in [6, 6.07) is 0. The van der Waals surface area contributed by atoms with Crippen LogP contribution in [0.2, 0.25) is 0 Å². The van der Waals surface area contributed by atoms with E-state index in [-0.39, 0.29) is 66.2 Å². The number of esters is 3. The molecule has 2 saturated heterocycles. The second-order valence-corrected chi connectivity index (χ2v) is 10.6. The highest BCUT2D eigenvalue weighted by Crippen LogP contribution is 2.66. The molecule has 184 valence electrons. The van der Waals surface area contributed by atoms with Crippen molar-refractivity contribution in [3.63, 3.8) is 0 Å². The summed E-state index contributed by atoms with van der Waals surface area (Å²) in [4.78, 5) is 35.8. The maximum absolute atomic E-state index is 12.3. The van der Waals surface area contributed by atoms with E-state index in [1.54, 1.807) is 7.11 Å². The predicted molar refractivity (Wildman–Crippen MR) is 117 cm³/mol. The molecule has 4 aliphatic rings. The molecule has 4 fully saturated rings. The van der Waals surface area contributed by atoms with Crippen molar-refractivity contribution in [1.29, 1.82) is 0 Å². The van der Waals surface area contributed by atoms with Gasteiger partial charge in [0.15, 0.2) is 0 Å². The van der Waals surface area contributed by atoms with E-state index in [0.29, 0.717) is 18.4 Å². The third-order valence-corrected chi connectivity index (χ3v) is 8.78. The second-order valence-electron chi connectivity index (χ2n) is 10.6. The number of cyclic esters (lactones) is 1. The summed E-state index contributed by atoms with van der Waals surface area (Å²) in [7, 11) is 1.58. The molecule has 0 amide bonds. The molecule has 0 aromatic rings. The summed E-state index contributed by atoms with van der Waals surface area (Å²) < 4.78 is 28.0. The van der Waals surface area contributed by atoms with Gasteiger partial charge < -0.3 is 23.7 Å². The Labute approximate surface area is 195 Å². The van der Waals surface area contributed by atoms with Crippen molar-refractivity contribution in [2.75, 3.05) is 26.9 Å². The van der Waals surface area contributed by atoms with E-state index in [1.807, 2.05) is 6.08 Å². The van der Waals surface area contributed by atoms with Gasteiger partial charge in [0.05, 0.1) is 17.8 Å². The normalized spacial score (nSPS) is 43.2. The van der Waals surface area contributed by atoms with Crippen molar-refractivity contribution in [2.45, 2.75) is 77.6 Å². The SMILES string of the molecule is CO[C@@H]1COC(=O)/C1=C/CC1C2(CCC3[C@]1(C)CC[C@@H](OC(C)=O)[C@@]3(C)COC(C)=O)CO2. The van der Waals surface area contributed by atoms with Crippen LogP contribution < -0.4 is 0 Å². The van der Waals surface area contributed by atoms with Crippen LogP contribution >= 0.6 is 0 Å². The molecule has 3 unspecified atom stereocenters. The lowest BCUT2D eigenvalue weighted by Gasteiger charge is -2.61. The van der Waals surface area contributed by atoms with Gasteiger partial charge in [0.1, 0.15) is 25.4 Å². The standard InChI is InChI=1S/C25H36O8/c1-15(26)31-13-24(4)19-8-11-25(14-32-25)20(7-6-17-18(29-5)12-30-22(17)28)23(19,3)10-9-21(24)33-16(2)27/h6,18-21H,7-14H2,1-5H3/b17-6+/t18-,19?,20?,21-,23+,24+,25?/m1/s1. The van der Waals surface area contributed by atoms with Gasteiger partial charge in [-0.1, -0.05) is 19.9 Å². The topological polar surface area (TPSA) is 101 Å². The van der Waals surface area contributed by atoms with E-state index < -0.39 is 5.41 Å². The molecule has 33 heavy (non-hydrogen) atoms. The highest BCUT2D eigenvalue weighted by molar-refractivity contribution is 5.91. The lowest BCUT2D eigenvalue weighted by atomic mass is 9.45. The Morgan fingerprint density at radius 1 is 1.15 bits per heavy atom. The molecule has 7 atom stereocenters. The van der Waals surface area contributed by atoms with E-state index in [2.05, 4.69) is 13.8 Å². The number of hydrogen-bond donors (Lipinski definition) is 0. The van der Waals surface area contributed by atoms with Crippen LogP contribution in [-0.2, 0) is 38.1 Å². The summed E-state index contributed by atoms with van der Waals surface area (Å²) >= 11 is 0. The van der Waals surface area contributed by atoms with Crippen LogP contribution in [0.25, 0.3) is 0 Å². The minimum absolute atomic E-state index is 0.136. The van der Waals surface area contributed by atoms with Gasteiger partial charge in [0.25, 0.3) is 0 Å². The highest BCUT2D eigenvalue weighted by atomic mass is 16.6. The van der Waals surface area contributed by atoms with Crippen molar-refractivity contribution < 1.29 is 38.1 Å². The van der Waals surface area contributed by atoms with Gasteiger partial charge in [-0.3, -0.25) is 9.59 Å². The number of carbonyl (C=O) groups excluding carboxylic acids is 3. The Hall–Kier alpha value is -1.93. The smallest absolute Gasteiger partial charge is 0.336 e. The van der Waals surface area contributed by atoms with Gasteiger partial charge in [-0.05, 0) is 49.4 Å². The number of carbonyl (C=O) groups is 3. The highest BCUT2D eigenvalue weighted by Gasteiger charge is 2.67. The molecule has 1 spiro atoms. The van der Waals surface area contributed by atoms with Gasteiger partial charge >= 0.3 is 17.9 Å². The number of hydrogen-bond acceptors (Lipinski definition) is 8. The molecule has 2 aliphatic carbocycles. The maximum atomic E-state index is 12.3. The van der Waals surface area contributed by atoms with Gasteiger partial charge in [-0.15, -0.1) is 0 Å². The number of ether oxygens (including phenoxy) is 5. The van der Waals surface area contributed by atoms with Crippen molar-refractivity contribution in [3.05, 3.63) is 11.6 Å². The molecule has 2 heterocycles. The van der Waals surface area contributed by atoms with Crippen LogP contribution in [-0.4, -0.2) is 62.6 Å². The lowest BCUT2D eigenvalue weighted by molar-refractivity contribution is -0.201. The molecule has 8 nitrogen and oxygen atoms in total. The van der Waals surface area contributed by atoms with E-state index in [4.69, 9.17) is 23.7 Å². The Morgan fingerprint density at radius 3 is 2.48 bits per heavy atom. The maximum Gasteiger partial charge on any atom is 0.336 e. The fraction of sp³-hybridized carbons (Fsp3) is 0.800. The minimum atomic E-state index is -0.506. The van der Waals surface area contributed by atoms with Crippen molar-refractivity contribution >= 4 is 17.9 Å². The molecule has 4 rings (SSSR count). The summed E-state index contributed by atoms with van der Waals surface area (Å²) in [6.07, 6.45) is 5.35. The van der Waals surface area contributed by atoms with Gasteiger partial charge in [-0.25, -0.2) is 4.79 Å². The number of epoxide rings is 1. The zero-order chi connectivity index (χ0) is 24.0. The Kier molecular flexibility index (Phi) is 6.37. The van der Waals surface area contributed by atoms with Crippen LogP contribution in [0.4, 0.5) is 0 Å². The first-order chi connectivity index (χ1) is 15.6. The largest absolute Gasteiger partial charge is 0.465 e. The van der Waals surface area contributed by atoms with E-state index in [9.17, 15) is 14.4 Å². The number of methoxy groups -OCH3 is 1. The lowest BCUT2D eigenvalue weighted by Crippen LogP contribution is -2.61. The molecule has 0 bridgehead atoms. The Bertz CT molecular complexity index is 845. The third-order valence-electron chi connectivity index (χ3n) is 8.78. The fourth-order valence-electron chi connectivity index (χ4n) is 7.04. The number of fused-ring (bicyclic) bond motifs is 1. The fourth-order valence-corrected chi connectivity index (χ4v) is 7.04. The molecular weight excluding hydrogens is 428 g/mol. The summed E-state index contributed by atoms with van der Waals surface area (Å²) in [5.74, 6) is -0.633. The van der Waals surface area contributed by atoms with Crippen LogP contribution in [0.3, 0.4) is 0 Å². The molecule has 0 N–H and O–H groups in total. The first-order valence-electron chi connectivity index (χ1n) is 11.9. The number of allylic oxidation sites excluding steroid dienone is 1. The minimum Gasteiger partial charge on any atom is -0.465 e. The van der Waals surface area contributed by atoms with E-state index in [1.165, 1.54) is 13.8 Å². The van der Waals surface area contributed by atoms with Gasteiger partial charge in [0, 0.05) is 26.4 Å². The quantitative estimate of drug-likeness (QED) is 0.256. The molecule has 0 aromatic heterocycles. The van der Waals surface area contributed by atoms with Crippen LogP contribution in [0, 0.1) is 22.7 Å². The van der Waals surface area contributed by atoms with Crippen LogP contribution in [0.1, 0.15) is 59.8 Å². The average molecular weight is 465 g/mol. The Morgan fingerprint density at radius 2 is 1.88 bits per heavy atom. The van der Waals surface area contributed by atoms with E-state index >= 15 is 0 Å². The third kappa shape index (κ3) is 4.20. The van der Waals surface area contributed by atoms with Crippen molar-refractivity contribution in [3.8, 4) is 0 Å². The zero-order valence-corrected chi connectivity index (χ0v) is 20.3. The monoisotopic (exact) mass is 464 g/mol. The first-order valence-corrected chi connectivity index (χ1v) is 11.9. The van der Waals surface area contributed by atoms with Gasteiger partial charge in [0.2, 0.25) is 0 Å². The second kappa shape index (κ2) is 8.69. The first kappa shape index (κ1) is 24.2. The number of rotatable bonds is 6. The molecule has 8 heteroatoms. The van der Waals surface area contributed by atoms with E-state index in [0.717, 1.165) is 25.9 Å². The summed E-state index contributed by atoms with van der Waals surface area (Å²) in [5.41, 5.74) is -0.254. The summed E-state index contributed by atoms with van der Waals surface area (Å²) in [6.45, 7) is 8.38. The van der Waals surface area contributed by atoms with Crippen LogP contribution in [0.15, 0.2) is 11.6 Å². The molecule has 0 radical (unpaired) electrons. The zero-order valence-electron chi connectivity index (χ0n) is 20.3. The van der Waals surface area contributed by atoms with Crippen LogP contribution in [0.5, 0.6) is 0 Å². The van der Waals surface area contributed by atoms with Crippen molar-refractivity contribution in [1.82, 2.24) is 0 Å².